The minimum atomic E-state index is 0.107. The van der Waals surface area contributed by atoms with Crippen LogP contribution in [0.25, 0.3) is 0 Å². The monoisotopic (exact) mass is 287 g/mol. The zero-order chi connectivity index (χ0) is 13.8. The van der Waals surface area contributed by atoms with Gasteiger partial charge in [-0.1, -0.05) is 18.2 Å². The quantitative estimate of drug-likeness (QED) is 0.918. The molecule has 1 amide bonds. The fraction of sp³-hybridized carbons (Fsp3) is 0.312. The average Bonchev–Trinajstić information content (AvgIpc) is 3.13. The second-order valence-corrected chi connectivity index (χ2v) is 5.93. The number of carbonyl (C=O) groups is 1. The molecule has 0 saturated heterocycles. The van der Waals surface area contributed by atoms with E-state index in [1.54, 1.807) is 11.3 Å². The Kier molecular flexibility index (Phi) is 4.02. The zero-order valence-corrected chi connectivity index (χ0v) is 12.0. The maximum atomic E-state index is 11.8. The summed E-state index contributed by atoms with van der Waals surface area (Å²) in [6.45, 7) is 1.36. The van der Waals surface area contributed by atoms with Crippen molar-refractivity contribution in [1.29, 1.82) is 0 Å². The number of carbonyl (C=O) groups excluding carboxylic acids is 1. The Balaban J connectivity index is 1.48. The van der Waals surface area contributed by atoms with Crippen molar-refractivity contribution in [3.63, 3.8) is 0 Å². The number of benzene rings is 1. The number of thiophene rings is 1. The van der Waals surface area contributed by atoms with Gasteiger partial charge < -0.3 is 10.1 Å². The van der Waals surface area contributed by atoms with Crippen LogP contribution in [-0.4, -0.2) is 12.5 Å². The van der Waals surface area contributed by atoms with Crippen molar-refractivity contribution in [2.75, 3.05) is 6.61 Å². The van der Waals surface area contributed by atoms with Gasteiger partial charge in [0.1, 0.15) is 5.75 Å². The van der Waals surface area contributed by atoms with E-state index in [-0.39, 0.29) is 5.91 Å². The standard InChI is InChI=1S/C16H17NO2S/c18-16(6-4-14-2-1-9-20-14)17-11-12-3-5-15-13(10-12)7-8-19-15/h1-3,5,9-10H,4,6-8,11H2,(H,17,18). The van der Waals surface area contributed by atoms with Gasteiger partial charge in [0.05, 0.1) is 6.61 Å². The second-order valence-electron chi connectivity index (χ2n) is 4.90. The molecule has 104 valence electrons. The van der Waals surface area contributed by atoms with Crippen molar-refractivity contribution in [2.45, 2.75) is 25.8 Å². The van der Waals surface area contributed by atoms with E-state index in [4.69, 9.17) is 4.74 Å². The van der Waals surface area contributed by atoms with E-state index < -0.39 is 0 Å². The summed E-state index contributed by atoms with van der Waals surface area (Å²) in [5.41, 5.74) is 2.38. The molecule has 2 heterocycles. The topological polar surface area (TPSA) is 38.3 Å². The molecule has 4 heteroatoms. The van der Waals surface area contributed by atoms with Crippen molar-refractivity contribution in [1.82, 2.24) is 5.32 Å². The summed E-state index contributed by atoms with van der Waals surface area (Å²) >= 11 is 1.70. The molecule has 3 nitrogen and oxygen atoms in total. The normalized spacial score (nSPS) is 12.8. The number of ether oxygens (including phenoxy) is 1. The maximum absolute atomic E-state index is 11.8. The Morgan fingerprint density at radius 1 is 1.35 bits per heavy atom. The molecule has 1 aromatic carbocycles. The first-order valence-corrected chi connectivity index (χ1v) is 7.73. The zero-order valence-electron chi connectivity index (χ0n) is 11.2. The fourth-order valence-electron chi connectivity index (χ4n) is 2.33. The van der Waals surface area contributed by atoms with Crippen molar-refractivity contribution >= 4 is 17.2 Å². The molecule has 0 aliphatic carbocycles. The van der Waals surface area contributed by atoms with Crippen LogP contribution in [0.3, 0.4) is 0 Å². The third-order valence-electron chi connectivity index (χ3n) is 3.42. The number of hydrogen-bond donors (Lipinski definition) is 1. The van der Waals surface area contributed by atoms with Crippen molar-refractivity contribution < 1.29 is 9.53 Å². The SMILES string of the molecule is O=C(CCc1cccs1)NCc1ccc2c(c1)CCO2. The van der Waals surface area contributed by atoms with Crippen LogP contribution >= 0.6 is 11.3 Å². The number of aryl methyl sites for hydroxylation is 1. The first kappa shape index (κ1) is 13.2. The summed E-state index contributed by atoms with van der Waals surface area (Å²) < 4.78 is 5.47. The summed E-state index contributed by atoms with van der Waals surface area (Å²) in [5.74, 6) is 1.09. The molecule has 0 radical (unpaired) electrons. The van der Waals surface area contributed by atoms with Gasteiger partial charge in [-0.25, -0.2) is 0 Å². The van der Waals surface area contributed by atoms with Gasteiger partial charge in [-0.2, -0.15) is 0 Å². The molecule has 0 atom stereocenters. The van der Waals surface area contributed by atoms with E-state index in [2.05, 4.69) is 17.4 Å². The molecule has 0 bridgehead atoms. The van der Waals surface area contributed by atoms with Crippen molar-refractivity contribution in [2.24, 2.45) is 0 Å². The fourth-order valence-corrected chi connectivity index (χ4v) is 3.04. The minimum absolute atomic E-state index is 0.107. The van der Waals surface area contributed by atoms with E-state index in [0.29, 0.717) is 13.0 Å². The molecule has 0 unspecified atom stereocenters. The minimum Gasteiger partial charge on any atom is -0.493 e. The summed E-state index contributed by atoms with van der Waals surface area (Å²) in [4.78, 5) is 13.1. The molecule has 1 aliphatic rings. The van der Waals surface area contributed by atoms with Crippen LogP contribution in [0.1, 0.15) is 22.4 Å². The van der Waals surface area contributed by atoms with E-state index in [1.807, 2.05) is 23.6 Å². The van der Waals surface area contributed by atoms with E-state index in [9.17, 15) is 4.79 Å². The molecule has 2 aromatic rings. The predicted octanol–water partition coefficient (Wildman–Crippen LogP) is 2.93. The van der Waals surface area contributed by atoms with Crippen molar-refractivity contribution in [3.8, 4) is 5.75 Å². The number of fused-ring (bicyclic) bond motifs is 1. The number of rotatable bonds is 5. The number of amides is 1. The lowest BCUT2D eigenvalue weighted by Gasteiger charge is -2.06. The lowest BCUT2D eigenvalue weighted by Crippen LogP contribution is -2.22. The molecular formula is C16H17NO2S. The van der Waals surface area contributed by atoms with Crippen molar-refractivity contribution in [3.05, 3.63) is 51.7 Å². The summed E-state index contributed by atoms with van der Waals surface area (Å²) in [5, 5.41) is 5.02. The second kappa shape index (κ2) is 6.09. The van der Waals surface area contributed by atoms with Crippen LogP contribution in [0.4, 0.5) is 0 Å². The van der Waals surface area contributed by atoms with Crippen LogP contribution < -0.4 is 10.1 Å². The Morgan fingerprint density at radius 3 is 3.15 bits per heavy atom. The molecule has 3 rings (SSSR count). The smallest absolute Gasteiger partial charge is 0.220 e. The van der Waals surface area contributed by atoms with Gasteiger partial charge in [0.25, 0.3) is 0 Å². The highest BCUT2D eigenvalue weighted by atomic mass is 32.1. The first-order chi connectivity index (χ1) is 9.81. The average molecular weight is 287 g/mol. The molecule has 0 spiro atoms. The van der Waals surface area contributed by atoms with Crippen LogP contribution in [0.2, 0.25) is 0 Å². The predicted molar refractivity (Wildman–Crippen MR) is 80.1 cm³/mol. The first-order valence-electron chi connectivity index (χ1n) is 6.85. The van der Waals surface area contributed by atoms with Crippen LogP contribution in [-0.2, 0) is 24.2 Å². The van der Waals surface area contributed by atoms with Gasteiger partial charge in [-0.15, -0.1) is 11.3 Å². The molecule has 0 saturated carbocycles. The van der Waals surface area contributed by atoms with Gasteiger partial charge in [0, 0.05) is 24.3 Å². The lowest BCUT2D eigenvalue weighted by atomic mass is 10.1. The Hall–Kier alpha value is -1.81. The van der Waals surface area contributed by atoms with E-state index in [0.717, 1.165) is 30.8 Å². The largest absolute Gasteiger partial charge is 0.493 e. The van der Waals surface area contributed by atoms with Crippen LogP contribution in [0.5, 0.6) is 5.75 Å². The third-order valence-corrected chi connectivity index (χ3v) is 4.36. The highest BCUT2D eigenvalue weighted by molar-refractivity contribution is 7.09. The summed E-state index contributed by atoms with van der Waals surface area (Å²) in [6, 6.07) is 10.2. The van der Waals surface area contributed by atoms with Gasteiger partial charge in [-0.05, 0) is 35.1 Å². The highest BCUT2D eigenvalue weighted by Gasteiger charge is 2.12. The number of hydrogen-bond acceptors (Lipinski definition) is 3. The molecular weight excluding hydrogens is 270 g/mol. The van der Waals surface area contributed by atoms with Gasteiger partial charge in [0.15, 0.2) is 0 Å². The molecule has 1 aliphatic heterocycles. The molecule has 1 N–H and O–H groups in total. The number of nitrogens with one attached hydrogen (secondary N) is 1. The van der Waals surface area contributed by atoms with Gasteiger partial charge in [0.2, 0.25) is 5.91 Å². The Bertz CT molecular complexity index is 593. The van der Waals surface area contributed by atoms with E-state index >= 15 is 0 Å². The molecule has 1 aromatic heterocycles. The molecule has 20 heavy (non-hydrogen) atoms. The Morgan fingerprint density at radius 2 is 2.30 bits per heavy atom. The summed E-state index contributed by atoms with van der Waals surface area (Å²) in [7, 11) is 0. The highest BCUT2D eigenvalue weighted by Crippen LogP contribution is 2.25. The summed E-state index contributed by atoms with van der Waals surface area (Å²) in [6.07, 6.45) is 2.34. The lowest BCUT2D eigenvalue weighted by molar-refractivity contribution is -0.121. The van der Waals surface area contributed by atoms with Crippen LogP contribution in [0, 0.1) is 0 Å². The van der Waals surface area contributed by atoms with E-state index in [1.165, 1.54) is 10.4 Å². The third kappa shape index (κ3) is 3.20. The molecule has 0 fully saturated rings. The van der Waals surface area contributed by atoms with Gasteiger partial charge >= 0.3 is 0 Å². The van der Waals surface area contributed by atoms with Crippen LogP contribution in [0.15, 0.2) is 35.7 Å². The van der Waals surface area contributed by atoms with Gasteiger partial charge in [-0.3, -0.25) is 4.79 Å². The Labute approximate surface area is 122 Å². The maximum Gasteiger partial charge on any atom is 0.220 e.